The standard InChI is InChI=1S/C5H4BrN2O2/c6-5-2-1-4(3-7-5)8(9)10/h1-3H,(H,9,10)/q+1. The van der Waals surface area contributed by atoms with Crippen LogP contribution in [0.1, 0.15) is 0 Å². The van der Waals surface area contributed by atoms with Gasteiger partial charge in [-0.15, -0.1) is 0 Å². The van der Waals surface area contributed by atoms with Crippen LogP contribution >= 0.6 is 15.9 Å². The van der Waals surface area contributed by atoms with Crippen molar-refractivity contribution in [3.05, 3.63) is 27.8 Å². The van der Waals surface area contributed by atoms with Crippen molar-refractivity contribution in [2.45, 2.75) is 0 Å². The van der Waals surface area contributed by atoms with E-state index < -0.39 is 0 Å². The zero-order chi connectivity index (χ0) is 7.56. The highest BCUT2D eigenvalue weighted by Gasteiger charge is 2.09. The summed E-state index contributed by atoms with van der Waals surface area (Å²) in [5.74, 6) is 0. The maximum atomic E-state index is 10.2. The lowest BCUT2D eigenvalue weighted by Gasteiger charge is -1.83. The highest BCUT2D eigenvalue weighted by molar-refractivity contribution is 9.10. The fraction of sp³-hybridized carbons (Fsp3) is 0. The van der Waals surface area contributed by atoms with Crippen LogP contribution in [0.5, 0.6) is 0 Å². The zero-order valence-corrected chi connectivity index (χ0v) is 6.45. The van der Waals surface area contributed by atoms with Crippen LogP contribution in [0, 0.1) is 4.91 Å². The predicted molar refractivity (Wildman–Crippen MR) is 37.0 cm³/mol. The molecule has 0 unspecified atom stereocenters. The van der Waals surface area contributed by atoms with Gasteiger partial charge in [-0.1, -0.05) is 0 Å². The lowest BCUT2D eigenvalue weighted by Crippen LogP contribution is -1.91. The van der Waals surface area contributed by atoms with Crippen LogP contribution in [-0.2, 0) is 0 Å². The van der Waals surface area contributed by atoms with Crippen molar-refractivity contribution >= 4 is 21.6 Å². The molecule has 1 aromatic rings. The number of hydrogen-bond donors (Lipinski definition) is 1. The molecule has 1 heterocycles. The normalized spacial score (nSPS) is 9.30. The monoisotopic (exact) mass is 203 g/mol. The molecule has 52 valence electrons. The van der Waals surface area contributed by atoms with Gasteiger partial charge in [-0.3, -0.25) is 0 Å². The number of pyridine rings is 1. The van der Waals surface area contributed by atoms with Crippen molar-refractivity contribution in [2.75, 3.05) is 0 Å². The molecular formula is C5H4BrN2O2+. The topological polar surface area (TPSA) is 53.2 Å². The van der Waals surface area contributed by atoms with Gasteiger partial charge in [0.2, 0.25) is 0 Å². The predicted octanol–water partition coefficient (Wildman–Crippen LogP) is 1.64. The molecule has 0 aliphatic carbocycles. The average Bonchev–Trinajstić information content (AvgIpc) is 1.88. The summed E-state index contributed by atoms with van der Waals surface area (Å²) in [6.07, 6.45) is 1.26. The Bertz CT molecular complexity index is 246. The Labute approximate surface area is 65.2 Å². The van der Waals surface area contributed by atoms with Crippen LogP contribution in [0.3, 0.4) is 0 Å². The molecule has 0 saturated heterocycles. The first-order chi connectivity index (χ1) is 4.70. The third-order valence-corrected chi connectivity index (χ3v) is 1.40. The van der Waals surface area contributed by atoms with Gasteiger partial charge in [-0.05, 0) is 22.0 Å². The second-order valence-electron chi connectivity index (χ2n) is 1.61. The van der Waals surface area contributed by atoms with Crippen molar-refractivity contribution in [1.82, 2.24) is 4.98 Å². The number of nitrogens with zero attached hydrogens (tertiary/aromatic N) is 2. The molecule has 0 spiro atoms. The molecule has 5 heteroatoms. The number of aromatic nitrogens is 1. The molecule has 0 aromatic carbocycles. The quantitative estimate of drug-likeness (QED) is 0.558. The van der Waals surface area contributed by atoms with Gasteiger partial charge in [0.15, 0.2) is 0 Å². The summed E-state index contributed by atoms with van der Waals surface area (Å²) >= 11 is 3.08. The van der Waals surface area contributed by atoms with Gasteiger partial charge >= 0.3 is 5.69 Å². The third kappa shape index (κ3) is 1.51. The van der Waals surface area contributed by atoms with Crippen molar-refractivity contribution in [2.24, 2.45) is 0 Å². The molecule has 1 N–H and O–H groups in total. The minimum absolute atomic E-state index is 0.114. The van der Waals surface area contributed by atoms with E-state index in [1.807, 2.05) is 0 Å². The minimum atomic E-state index is -0.237. The molecule has 0 saturated carbocycles. The Kier molecular flexibility index (Phi) is 1.96. The summed E-state index contributed by atoms with van der Waals surface area (Å²) < 4.78 is 0.623. The molecule has 0 radical (unpaired) electrons. The van der Waals surface area contributed by atoms with E-state index in [2.05, 4.69) is 20.9 Å². The largest absolute Gasteiger partial charge is 0.334 e. The summed E-state index contributed by atoms with van der Waals surface area (Å²) in [4.78, 5) is 13.7. The van der Waals surface area contributed by atoms with E-state index in [1.54, 1.807) is 6.07 Å². The van der Waals surface area contributed by atoms with Crippen molar-refractivity contribution in [1.29, 1.82) is 0 Å². The second-order valence-corrected chi connectivity index (χ2v) is 2.42. The number of halogens is 1. The lowest BCUT2D eigenvalue weighted by atomic mass is 10.4. The molecular weight excluding hydrogens is 200 g/mol. The van der Waals surface area contributed by atoms with Crippen LogP contribution < -0.4 is 0 Å². The van der Waals surface area contributed by atoms with Crippen LogP contribution in [-0.4, -0.2) is 15.1 Å². The molecule has 1 aromatic heterocycles. The Balaban J connectivity index is 3.00. The van der Waals surface area contributed by atoms with E-state index in [4.69, 9.17) is 5.21 Å². The van der Waals surface area contributed by atoms with Crippen LogP contribution in [0.4, 0.5) is 5.69 Å². The summed E-state index contributed by atoms with van der Waals surface area (Å²) in [5.41, 5.74) is 0.114. The van der Waals surface area contributed by atoms with Crippen molar-refractivity contribution in [3.63, 3.8) is 0 Å². The van der Waals surface area contributed by atoms with Gasteiger partial charge in [-0.2, -0.15) is 0 Å². The second kappa shape index (κ2) is 2.74. The molecule has 0 amide bonds. The Morgan fingerprint density at radius 2 is 2.30 bits per heavy atom. The first-order valence-electron chi connectivity index (χ1n) is 2.48. The Hall–Kier alpha value is -0.970. The molecule has 0 bridgehead atoms. The maximum Gasteiger partial charge on any atom is 0.334 e. The SMILES string of the molecule is O=[N+](O)c1ccc(Br)nc1. The van der Waals surface area contributed by atoms with E-state index in [-0.39, 0.29) is 10.6 Å². The van der Waals surface area contributed by atoms with Gasteiger partial charge in [-0.25, -0.2) is 10.2 Å². The fourth-order valence-corrected chi connectivity index (χ4v) is 0.716. The zero-order valence-electron chi connectivity index (χ0n) is 4.86. The molecule has 0 aliphatic rings. The summed E-state index contributed by atoms with van der Waals surface area (Å²) in [7, 11) is 0. The van der Waals surface area contributed by atoms with Crippen LogP contribution in [0.15, 0.2) is 22.9 Å². The summed E-state index contributed by atoms with van der Waals surface area (Å²) in [6, 6.07) is 3.01. The number of rotatable bonds is 1. The molecule has 0 fully saturated rings. The minimum Gasteiger partial charge on any atom is -0.242 e. The molecule has 0 aliphatic heterocycles. The summed E-state index contributed by atoms with van der Waals surface area (Å²) in [6.45, 7) is 0. The van der Waals surface area contributed by atoms with Gasteiger partial charge in [0.1, 0.15) is 10.8 Å². The first kappa shape index (κ1) is 7.14. The van der Waals surface area contributed by atoms with Gasteiger partial charge < -0.3 is 0 Å². The van der Waals surface area contributed by atoms with Gasteiger partial charge in [0, 0.05) is 6.07 Å². The molecule has 10 heavy (non-hydrogen) atoms. The third-order valence-electron chi connectivity index (χ3n) is 0.933. The molecule has 4 nitrogen and oxygen atoms in total. The Morgan fingerprint density at radius 1 is 1.60 bits per heavy atom. The molecule has 0 atom stereocenters. The van der Waals surface area contributed by atoms with Gasteiger partial charge in [0.05, 0.1) is 4.91 Å². The van der Waals surface area contributed by atoms with E-state index in [0.717, 1.165) is 0 Å². The van der Waals surface area contributed by atoms with Crippen molar-refractivity contribution in [3.8, 4) is 0 Å². The van der Waals surface area contributed by atoms with E-state index in [1.165, 1.54) is 12.3 Å². The Morgan fingerprint density at radius 3 is 2.70 bits per heavy atom. The summed E-state index contributed by atoms with van der Waals surface area (Å²) in [5, 5.41) is 8.34. The van der Waals surface area contributed by atoms with Crippen LogP contribution in [0.2, 0.25) is 0 Å². The lowest BCUT2D eigenvalue weighted by molar-refractivity contribution is -0.729. The highest BCUT2D eigenvalue weighted by Crippen LogP contribution is 2.11. The smallest absolute Gasteiger partial charge is 0.242 e. The van der Waals surface area contributed by atoms with Crippen molar-refractivity contribution < 1.29 is 10.1 Å². The average molecular weight is 204 g/mol. The fourth-order valence-electron chi connectivity index (χ4n) is 0.481. The van der Waals surface area contributed by atoms with Gasteiger partial charge in [0.25, 0.3) is 4.92 Å². The van der Waals surface area contributed by atoms with E-state index in [0.29, 0.717) is 4.60 Å². The van der Waals surface area contributed by atoms with E-state index >= 15 is 0 Å². The number of hydrogen-bond acceptors (Lipinski definition) is 2. The maximum absolute atomic E-state index is 10.2. The highest BCUT2D eigenvalue weighted by atomic mass is 79.9. The molecule has 1 rings (SSSR count). The first-order valence-corrected chi connectivity index (χ1v) is 3.27. The van der Waals surface area contributed by atoms with E-state index in [9.17, 15) is 4.91 Å². The van der Waals surface area contributed by atoms with Crippen LogP contribution in [0.25, 0.3) is 0 Å².